The van der Waals surface area contributed by atoms with E-state index >= 15 is 0 Å². The Morgan fingerprint density at radius 1 is 1.20 bits per heavy atom. The lowest BCUT2D eigenvalue weighted by atomic mass is 10.2. The van der Waals surface area contributed by atoms with Gasteiger partial charge in [0.2, 0.25) is 0 Å². The first-order valence-electron chi connectivity index (χ1n) is 7.12. The molecule has 3 rings (SSSR count). The zero-order valence-corrected chi connectivity index (χ0v) is 13.8. The quantitative estimate of drug-likeness (QED) is 0.552. The third-order valence-corrected chi connectivity index (χ3v) is 4.57. The number of aromatic nitrogens is 3. The van der Waals surface area contributed by atoms with Crippen LogP contribution in [0, 0.1) is 10.1 Å². The second-order valence-electron chi connectivity index (χ2n) is 5.08. The number of nitrogens with zero attached hydrogens (tertiary/aromatic N) is 4. The highest BCUT2D eigenvalue weighted by molar-refractivity contribution is 7.99. The molecule has 0 saturated heterocycles. The monoisotopic (exact) mass is 356 g/mol. The van der Waals surface area contributed by atoms with Crippen LogP contribution >= 0.6 is 11.8 Å². The molecule has 0 saturated carbocycles. The molecule has 1 aromatic heterocycles. The van der Waals surface area contributed by atoms with Crippen molar-refractivity contribution in [3.63, 3.8) is 0 Å². The number of nitro benzene ring substituents is 1. The number of benzene rings is 2. The predicted molar refractivity (Wildman–Crippen MR) is 90.6 cm³/mol. The largest absolute Gasteiger partial charge is 0.478 e. The number of carboxylic acids is 1. The fourth-order valence-corrected chi connectivity index (χ4v) is 3.10. The molecule has 8 nitrogen and oxygen atoms in total. The lowest BCUT2D eigenvalue weighted by molar-refractivity contribution is -0.387. The lowest BCUT2D eigenvalue weighted by Crippen LogP contribution is -2.00. The van der Waals surface area contributed by atoms with E-state index in [1.54, 1.807) is 11.6 Å². The van der Waals surface area contributed by atoms with Gasteiger partial charge in [0.05, 0.1) is 15.4 Å². The number of hydrogen-bond donors (Lipinski definition) is 1. The summed E-state index contributed by atoms with van der Waals surface area (Å²) >= 11 is 1.06. The molecule has 0 atom stereocenters. The van der Waals surface area contributed by atoms with Gasteiger partial charge in [-0.1, -0.05) is 30.3 Å². The summed E-state index contributed by atoms with van der Waals surface area (Å²) in [5.74, 6) is -0.586. The van der Waals surface area contributed by atoms with Gasteiger partial charge in [-0.25, -0.2) is 4.79 Å². The lowest BCUT2D eigenvalue weighted by Gasteiger charge is -2.05. The van der Waals surface area contributed by atoms with E-state index in [-0.39, 0.29) is 11.3 Å². The summed E-state index contributed by atoms with van der Waals surface area (Å²) < 4.78 is 1.73. The Bertz CT molecular complexity index is 956. The van der Waals surface area contributed by atoms with Crippen molar-refractivity contribution in [1.29, 1.82) is 0 Å². The molecule has 0 aliphatic rings. The Kier molecular flexibility index (Phi) is 4.48. The van der Waals surface area contributed by atoms with E-state index in [0.29, 0.717) is 15.9 Å². The second-order valence-corrected chi connectivity index (χ2v) is 6.09. The number of hydrogen-bond acceptors (Lipinski definition) is 6. The van der Waals surface area contributed by atoms with Crippen molar-refractivity contribution >= 4 is 23.4 Å². The minimum Gasteiger partial charge on any atom is -0.478 e. The standard InChI is InChI=1S/C16H12N4O4S/c1-19-14(10-5-3-2-4-6-10)17-18-16(19)25-13-8-7-11(15(21)22)9-12(13)20(23)24/h2-9H,1H3,(H,21,22). The Morgan fingerprint density at radius 2 is 1.92 bits per heavy atom. The van der Waals surface area contributed by atoms with E-state index in [1.165, 1.54) is 12.1 Å². The highest BCUT2D eigenvalue weighted by Crippen LogP contribution is 2.35. The van der Waals surface area contributed by atoms with Crippen LogP contribution < -0.4 is 0 Å². The van der Waals surface area contributed by atoms with Crippen LogP contribution in [0.4, 0.5) is 5.69 Å². The maximum atomic E-state index is 11.3. The van der Waals surface area contributed by atoms with E-state index < -0.39 is 10.9 Å². The van der Waals surface area contributed by atoms with Crippen molar-refractivity contribution in [1.82, 2.24) is 14.8 Å². The highest BCUT2D eigenvalue weighted by atomic mass is 32.2. The van der Waals surface area contributed by atoms with Gasteiger partial charge in [-0.2, -0.15) is 0 Å². The first-order chi connectivity index (χ1) is 12.0. The van der Waals surface area contributed by atoms with Crippen LogP contribution in [0.2, 0.25) is 0 Å². The molecule has 1 N–H and O–H groups in total. The number of carboxylic acid groups (broad SMARTS) is 1. The van der Waals surface area contributed by atoms with Gasteiger partial charge in [0, 0.05) is 18.7 Å². The van der Waals surface area contributed by atoms with Crippen molar-refractivity contribution < 1.29 is 14.8 Å². The molecule has 0 spiro atoms. The van der Waals surface area contributed by atoms with Gasteiger partial charge in [0.15, 0.2) is 11.0 Å². The number of aromatic carboxylic acids is 1. The molecular formula is C16H12N4O4S. The third-order valence-electron chi connectivity index (χ3n) is 3.47. The maximum absolute atomic E-state index is 11.3. The number of carbonyl (C=O) groups is 1. The molecule has 0 fully saturated rings. The maximum Gasteiger partial charge on any atom is 0.335 e. The van der Waals surface area contributed by atoms with E-state index in [9.17, 15) is 14.9 Å². The molecule has 3 aromatic rings. The molecule has 0 aliphatic carbocycles. The molecule has 0 radical (unpaired) electrons. The van der Waals surface area contributed by atoms with Crippen molar-refractivity contribution in [3.05, 3.63) is 64.2 Å². The minimum atomic E-state index is -1.22. The van der Waals surface area contributed by atoms with Crippen molar-refractivity contribution in [3.8, 4) is 11.4 Å². The van der Waals surface area contributed by atoms with Crippen molar-refractivity contribution in [2.45, 2.75) is 10.1 Å². The molecule has 1 heterocycles. The van der Waals surface area contributed by atoms with Crippen LogP contribution in [0.25, 0.3) is 11.4 Å². The molecular weight excluding hydrogens is 344 g/mol. The van der Waals surface area contributed by atoms with Gasteiger partial charge in [0.25, 0.3) is 5.69 Å². The van der Waals surface area contributed by atoms with Crippen LogP contribution in [0.1, 0.15) is 10.4 Å². The van der Waals surface area contributed by atoms with Crippen LogP contribution in [-0.2, 0) is 7.05 Å². The van der Waals surface area contributed by atoms with Gasteiger partial charge in [-0.3, -0.25) is 10.1 Å². The Morgan fingerprint density at radius 3 is 2.56 bits per heavy atom. The number of rotatable bonds is 5. The second kappa shape index (κ2) is 6.73. The minimum absolute atomic E-state index is 0.140. The summed E-state index contributed by atoms with van der Waals surface area (Å²) in [7, 11) is 1.77. The first-order valence-corrected chi connectivity index (χ1v) is 7.93. The predicted octanol–water partition coefficient (Wildman–Crippen LogP) is 3.24. The topological polar surface area (TPSA) is 111 Å². The summed E-state index contributed by atoms with van der Waals surface area (Å²) in [4.78, 5) is 21.9. The van der Waals surface area contributed by atoms with E-state index in [1.807, 2.05) is 30.3 Å². The van der Waals surface area contributed by atoms with E-state index in [0.717, 1.165) is 23.4 Å². The third kappa shape index (κ3) is 3.36. The molecule has 0 aliphatic heterocycles. The van der Waals surface area contributed by atoms with Crippen LogP contribution in [0.3, 0.4) is 0 Å². The molecule has 0 unspecified atom stereocenters. The summed E-state index contributed by atoms with van der Waals surface area (Å²) in [5, 5.41) is 28.9. The Balaban J connectivity index is 1.97. The van der Waals surface area contributed by atoms with Gasteiger partial charge >= 0.3 is 5.97 Å². The fraction of sp³-hybridized carbons (Fsp3) is 0.0625. The summed E-state index contributed by atoms with van der Waals surface area (Å²) in [6, 6.07) is 13.2. The SMILES string of the molecule is Cn1c(Sc2ccc(C(=O)O)cc2[N+](=O)[O-])nnc1-c1ccccc1. The first kappa shape index (κ1) is 16.7. The van der Waals surface area contributed by atoms with Crippen LogP contribution in [-0.4, -0.2) is 30.8 Å². The molecule has 2 aromatic carbocycles. The molecule has 0 amide bonds. The highest BCUT2D eigenvalue weighted by Gasteiger charge is 2.21. The van der Waals surface area contributed by atoms with Crippen LogP contribution in [0.15, 0.2) is 58.6 Å². The van der Waals surface area contributed by atoms with Gasteiger partial charge in [-0.15, -0.1) is 10.2 Å². The zero-order chi connectivity index (χ0) is 18.0. The molecule has 126 valence electrons. The average molecular weight is 356 g/mol. The summed E-state index contributed by atoms with van der Waals surface area (Å²) in [6.45, 7) is 0. The average Bonchev–Trinajstić information content (AvgIpc) is 2.96. The summed E-state index contributed by atoms with van der Waals surface area (Å²) in [6.07, 6.45) is 0. The van der Waals surface area contributed by atoms with Gasteiger partial charge < -0.3 is 9.67 Å². The molecule has 9 heteroatoms. The summed E-state index contributed by atoms with van der Waals surface area (Å²) in [5.41, 5.74) is 0.452. The van der Waals surface area contributed by atoms with Crippen molar-refractivity contribution in [2.75, 3.05) is 0 Å². The normalized spacial score (nSPS) is 10.6. The Hall–Kier alpha value is -3.20. The van der Waals surface area contributed by atoms with Gasteiger partial charge in [-0.05, 0) is 23.9 Å². The van der Waals surface area contributed by atoms with E-state index in [4.69, 9.17) is 5.11 Å². The zero-order valence-electron chi connectivity index (χ0n) is 13.0. The van der Waals surface area contributed by atoms with Crippen molar-refractivity contribution in [2.24, 2.45) is 7.05 Å². The number of nitro groups is 1. The van der Waals surface area contributed by atoms with Gasteiger partial charge in [0.1, 0.15) is 0 Å². The molecule has 25 heavy (non-hydrogen) atoms. The smallest absolute Gasteiger partial charge is 0.335 e. The fourth-order valence-electron chi connectivity index (χ4n) is 2.22. The molecule has 0 bridgehead atoms. The van der Waals surface area contributed by atoms with Crippen LogP contribution in [0.5, 0.6) is 0 Å². The van der Waals surface area contributed by atoms with E-state index in [2.05, 4.69) is 10.2 Å². The Labute approximate surface area is 146 Å².